The van der Waals surface area contributed by atoms with Crippen LogP contribution in [-0.2, 0) is 18.1 Å². The molecule has 0 saturated heterocycles. The maximum absolute atomic E-state index is 14.4. The molecule has 0 aliphatic carbocycles. The number of benzene rings is 2. The first-order valence-electron chi connectivity index (χ1n) is 9.28. The maximum Gasteiger partial charge on any atom is 0.416 e. The number of alkyl halides is 3. The standard InChI is InChI=1S/C22H23F4N3O/c1-21(2,13-5-7-14(8-6-13)22(24,25)26)12-29-11-17(27)20(30)15-9-16(23)19(28(3)4)10-18(15)29/h5-11H,12,27H2,1-4H3. The first kappa shape index (κ1) is 21.7. The number of nitrogen functional groups attached to an aromatic ring is 1. The minimum Gasteiger partial charge on any atom is -0.394 e. The Kier molecular flexibility index (Phi) is 5.30. The highest BCUT2D eigenvalue weighted by atomic mass is 19.4. The van der Waals surface area contributed by atoms with Crippen LogP contribution in [0.3, 0.4) is 0 Å². The first-order chi connectivity index (χ1) is 13.8. The van der Waals surface area contributed by atoms with Crippen LogP contribution in [0.5, 0.6) is 0 Å². The molecule has 0 aliphatic rings. The van der Waals surface area contributed by atoms with Crippen molar-refractivity contribution in [2.45, 2.75) is 32.0 Å². The number of fused-ring (bicyclic) bond motifs is 1. The Balaban J connectivity index is 2.11. The van der Waals surface area contributed by atoms with Crippen molar-refractivity contribution in [3.8, 4) is 0 Å². The van der Waals surface area contributed by atoms with E-state index in [0.29, 0.717) is 23.3 Å². The molecule has 2 N–H and O–H groups in total. The van der Waals surface area contributed by atoms with Gasteiger partial charge in [0, 0.05) is 32.3 Å². The lowest BCUT2D eigenvalue weighted by molar-refractivity contribution is -0.137. The number of aromatic nitrogens is 1. The van der Waals surface area contributed by atoms with Crippen LogP contribution >= 0.6 is 0 Å². The van der Waals surface area contributed by atoms with Gasteiger partial charge in [-0.1, -0.05) is 26.0 Å². The van der Waals surface area contributed by atoms with E-state index in [1.807, 2.05) is 13.8 Å². The summed E-state index contributed by atoms with van der Waals surface area (Å²) in [5.41, 5.74) is 5.58. The Morgan fingerprint density at radius 1 is 1.03 bits per heavy atom. The fourth-order valence-electron chi connectivity index (χ4n) is 3.52. The summed E-state index contributed by atoms with van der Waals surface area (Å²) < 4.78 is 54.8. The summed E-state index contributed by atoms with van der Waals surface area (Å²) in [5.74, 6) is -0.538. The van der Waals surface area contributed by atoms with Crippen molar-refractivity contribution in [1.29, 1.82) is 0 Å². The van der Waals surface area contributed by atoms with Crippen molar-refractivity contribution < 1.29 is 17.6 Å². The van der Waals surface area contributed by atoms with E-state index in [1.165, 1.54) is 24.4 Å². The second-order valence-electron chi connectivity index (χ2n) is 8.22. The minimum absolute atomic E-state index is 0.0253. The van der Waals surface area contributed by atoms with E-state index in [9.17, 15) is 22.4 Å². The van der Waals surface area contributed by atoms with Gasteiger partial charge in [-0.15, -0.1) is 0 Å². The van der Waals surface area contributed by atoms with Crippen LogP contribution in [0, 0.1) is 5.82 Å². The van der Waals surface area contributed by atoms with Gasteiger partial charge in [-0.2, -0.15) is 13.2 Å². The molecule has 3 aromatic rings. The van der Waals surface area contributed by atoms with Crippen LogP contribution in [0.2, 0.25) is 0 Å². The summed E-state index contributed by atoms with van der Waals surface area (Å²) in [6, 6.07) is 7.74. The Hall–Kier alpha value is -3.03. The summed E-state index contributed by atoms with van der Waals surface area (Å²) in [6.45, 7) is 4.08. The Morgan fingerprint density at radius 3 is 2.13 bits per heavy atom. The van der Waals surface area contributed by atoms with Crippen molar-refractivity contribution in [3.05, 3.63) is 69.8 Å². The fourth-order valence-corrected chi connectivity index (χ4v) is 3.52. The fraction of sp³-hybridized carbons (Fsp3) is 0.318. The van der Waals surface area contributed by atoms with Crippen LogP contribution < -0.4 is 16.1 Å². The normalized spacial score (nSPS) is 12.4. The SMILES string of the molecule is CN(C)c1cc2c(cc1F)c(=O)c(N)cn2CC(C)(C)c1ccc(C(F)(F)F)cc1. The zero-order valence-corrected chi connectivity index (χ0v) is 17.1. The third-order valence-corrected chi connectivity index (χ3v) is 5.22. The van der Waals surface area contributed by atoms with Gasteiger partial charge in [0.25, 0.3) is 0 Å². The average Bonchev–Trinajstić information content (AvgIpc) is 2.64. The molecule has 2 aromatic carbocycles. The molecule has 0 spiro atoms. The molecule has 3 rings (SSSR count). The number of nitrogens with zero attached hydrogens (tertiary/aromatic N) is 2. The van der Waals surface area contributed by atoms with Crippen molar-refractivity contribution in [2.75, 3.05) is 24.7 Å². The van der Waals surface area contributed by atoms with Gasteiger partial charge in [-0.05, 0) is 29.8 Å². The van der Waals surface area contributed by atoms with E-state index >= 15 is 0 Å². The van der Waals surface area contributed by atoms with Crippen molar-refractivity contribution >= 4 is 22.3 Å². The Bertz CT molecular complexity index is 1150. The Morgan fingerprint density at radius 2 is 1.60 bits per heavy atom. The molecule has 0 aliphatic heterocycles. The number of pyridine rings is 1. The minimum atomic E-state index is -4.40. The number of hydrogen-bond donors (Lipinski definition) is 1. The summed E-state index contributed by atoms with van der Waals surface area (Å²) in [5, 5.41) is 0.154. The highest BCUT2D eigenvalue weighted by Crippen LogP contribution is 2.33. The number of rotatable bonds is 4. The van der Waals surface area contributed by atoms with Crippen molar-refractivity contribution in [3.63, 3.8) is 0 Å². The van der Waals surface area contributed by atoms with Crippen LogP contribution in [-0.4, -0.2) is 18.7 Å². The molecule has 160 valence electrons. The molecule has 0 atom stereocenters. The second kappa shape index (κ2) is 7.34. The molecule has 0 radical (unpaired) electrons. The highest BCUT2D eigenvalue weighted by Gasteiger charge is 2.31. The van der Waals surface area contributed by atoms with Crippen LogP contribution in [0.4, 0.5) is 28.9 Å². The lowest BCUT2D eigenvalue weighted by atomic mass is 9.84. The molecular weight excluding hydrogens is 398 g/mol. The lowest BCUT2D eigenvalue weighted by Gasteiger charge is -2.28. The van der Waals surface area contributed by atoms with Crippen LogP contribution in [0.1, 0.15) is 25.0 Å². The molecule has 8 heteroatoms. The number of nitrogens with two attached hydrogens (primary N) is 1. The Labute approximate surface area is 171 Å². The molecule has 0 fully saturated rings. The van der Waals surface area contributed by atoms with Gasteiger partial charge >= 0.3 is 6.18 Å². The zero-order valence-electron chi connectivity index (χ0n) is 17.1. The first-order valence-corrected chi connectivity index (χ1v) is 9.28. The largest absolute Gasteiger partial charge is 0.416 e. The van der Waals surface area contributed by atoms with E-state index in [2.05, 4.69) is 0 Å². The average molecular weight is 421 g/mol. The van der Waals surface area contributed by atoms with Gasteiger partial charge in [0.2, 0.25) is 5.43 Å². The van der Waals surface area contributed by atoms with E-state index in [4.69, 9.17) is 5.73 Å². The monoisotopic (exact) mass is 421 g/mol. The lowest BCUT2D eigenvalue weighted by Crippen LogP contribution is -2.26. The van der Waals surface area contributed by atoms with Gasteiger partial charge in [0.15, 0.2) is 0 Å². The van der Waals surface area contributed by atoms with E-state index in [0.717, 1.165) is 12.1 Å². The zero-order chi connectivity index (χ0) is 22.4. The highest BCUT2D eigenvalue weighted by molar-refractivity contribution is 5.85. The quantitative estimate of drug-likeness (QED) is 0.617. The topological polar surface area (TPSA) is 51.3 Å². The van der Waals surface area contributed by atoms with Crippen LogP contribution in [0.25, 0.3) is 10.9 Å². The number of anilines is 2. The third-order valence-electron chi connectivity index (χ3n) is 5.22. The summed E-state index contributed by atoms with van der Waals surface area (Å²) in [7, 11) is 3.38. The molecule has 0 amide bonds. The van der Waals surface area contributed by atoms with Gasteiger partial charge in [-0.3, -0.25) is 4.79 Å². The molecule has 4 nitrogen and oxygen atoms in total. The van der Waals surface area contributed by atoms with E-state index < -0.39 is 28.4 Å². The molecular formula is C22H23F4N3O. The van der Waals surface area contributed by atoms with Gasteiger partial charge < -0.3 is 15.2 Å². The molecule has 0 bridgehead atoms. The van der Waals surface area contributed by atoms with Gasteiger partial charge in [0.05, 0.1) is 27.8 Å². The second-order valence-corrected chi connectivity index (χ2v) is 8.22. The molecule has 30 heavy (non-hydrogen) atoms. The van der Waals surface area contributed by atoms with Gasteiger partial charge in [-0.25, -0.2) is 4.39 Å². The third kappa shape index (κ3) is 3.99. The van der Waals surface area contributed by atoms with E-state index in [1.54, 1.807) is 29.6 Å². The number of hydrogen-bond acceptors (Lipinski definition) is 3. The van der Waals surface area contributed by atoms with Crippen molar-refractivity contribution in [1.82, 2.24) is 4.57 Å². The molecule has 1 heterocycles. The maximum atomic E-state index is 14.4. The predicted molar refractivity (Wildman–Crippen MR) is 111 cm³/mol. The molecule has 0 unspecified atom stereocenters. The summed E-state index contributed by atoms with van der Waals surface area (Å²) in [4.78, 5) is 14.1. The summed E-state index contributed by atoms with van der Waals surface area (Å²) in [6.07, 6.45) is -2.91. The van der Waals surface area contributed by atoms with Crippen molar-refractivity contribution in [2.24, 2.45) is 0 Å². The van der Waals surface area contributed by atoms with E-state index in [-0.39, 0.29) is 11.1 Å². The van der Waals surface area contributed by atoms with Gasteiger partial charge in [0.1, 0.15) is 5.82 Å². The summed E-state index contributed by atoms with van der Waals surface area (Å²) >= 11 is 0. The molecule has 1 aromatic heterocycles. The number of halogens is 4. The predicted octanol–water partition coefficient (Wildman–Crippen LogP) is 4.79. The van der Waals surface area contributed by atoms with Crippen LogP contribution in [0.15, 0.2) is 47.4 Å². The smallest absolute Gasteiger partial charge is 0.394 e. The molecule has 0 saturated carbocycles.